The van der Waals surface area contributed by atoms with E-state index in [2.05, 4.69) is 15.8 Å². The van der Waals surface area contributed by atoms with E-state index in [0.29, 0.717) is 17.7 Å². The molecule has 0 aromatic carbocycles. The Bertz CT molecular complexity index is 301. The Labute approximate surface area is 111 Å². The van der Waals surface area contributed by atoms with Crippen molar-refractivity contribution in [2.75, 3.05) is 12.8 Å². The van der Waals surface area contributed by atoms with E-state index in [0.717, 1.165) is 25.0 Å². The molecule has 2 N–H and O–H groups in total. The number of hydrogen-bond acceptors (Lipinski definition) is 5. The van der Waals surface area contributed by atoms with Crippen molar-refractivity contribution in [1.29, 1.82) is 0 Å². The van der Waals surface area contributed by atoms with Crippen molar-refractivity contribution in [2.45, 2.75) is 43.0 Å². The molecule has 7 heteroatoms. The minimum Gasteiger partial charge on any atom is -0.353 e. The maximum Gasteiger partial charge on any atom is 0.286 e. The average Bonchev–Trinajstić information content (AvgIpc) is 2.77. The topological polar surface area (TPSA) is 87.6 Å². The molecule has 2 amide bonds. The van der Waals surface area contributed by atoms with Gasteiger partial charge in [0.05, 0.1) is 6.04 Å². The molecule has 0 spiro atoms. The fourth-order valence-electron chi connectivity index (χ4n) is 2.19. The predicted molar refractivity (Wildman–Crippen MR) is 71.4 cm³/mol. The minimum absolute atomic E-state index is 0.136. The summed E-state index contributed by atoms with van der Waals surface area (Å²) in [7, 11) is 1.89. The number of nitroso groups, excluding NO2 is 1. The third-order valence-corrected chi connectivity index (χ3v) is 4.69. The molecule has 1 rings (SSSR count). The zero-order valence-electron chi connectivity index (χ0n) is 10.4. The highest BCUT2D eigenvalue weighted by Crippen LogP contribution is 2.31. The van der Waals surface area contributed by atoms with Crippen LogP contribution in [0.2, 0.25) is 0 Å². The van der Waals surface area contributed by atoms with Crippen LogP contribution < -0.4 is 10.6 Å². The lowest BCUT2D eigenvalue weighted by Gasteiger charge is -2.22. The second-order valence-electron chi connectivity index (χ2n) is 4.31. The number of rotatable bonds is 8. The molecule has 1 saturated heterocycles. The average molecular weight is 273 g/mol. The van der Waals surface area contributed by atoms with Gasteiger partial charge in [0.25, 0.3) is 5.91 Å². The normalized spacial score (nSPS) is 26.8. The Kier molecular flexibility index (Phi) is 6.89. The van der Waals surface area contributed by atoms with E-state index in [1.165, 1.54) is 0 Å². The molecular formula is C11H19N3O3S. The number of nitrogens with one attached hydrogen (secondary N) is 2. The van der Waals surface area contributed by atoms with Crippen LogP contribution in [0.3, 0.4) is 0 Å². The summed E-state index contributed by atoms with van der Waals surface area (Å²) >= 11 is 1.83. The summed E-state index contributed by atoms with van der Waals surface area (Å²) in [4.78, 5) is 31.2. The first kappa shape index (κ1) is 15.1. The number of unbranched alkanes of at least 4 members (excludes halogenated alkanes) is 1. The van der Waals surface area contributed by atoms with Crippen LogP contribution in [0.25, 0.3) is 0 Å². The van der Waals surface area contributed by atoms with Gasteiger partial charge < -0.3 is 10.6 Å². The molecule has 1 aliphatic heterocycles. The monoisotopic (exact) mass is 273 g/mol. The molecule has 0 aliphatic carbocycles. The number of carbonyl (C=O) groups is 2. The first-order chi connectivity index (χ1) is 8.72. The summed E-state index contributed by atoms with van der Waals surface area (Å²) in [6.45, 7) is 0. The van der Waals surface area contributed by atoms with Gasteiger partial charge in [-0.2, -0.15) is 11.8 Å². The van der Waals surface area contributed by atoms with Crippen LogP contribution in [0.5, 0.6) is 0 Å². The summed E-state index contributed by atoms with van der Waals surface area (Å²) in [6, 6.07) is 0.431. The predicted octanol–water partition coefficient (Wildman–Crippen LogP) is 0.658. The van der Waals surface area contributed by atoms with Crippen LogP contribution in [0, 0.1) is 4.91 Å². The van der Waals surface area contributed by atoms with Gasteiger partial charge in [0, 0.05) is 28.6 Å². The van der Waals surface area contributed by atoms with Crippen LogP contribution in [0.15, 0.2) is 5.18 Å². The zero-order chi connectivity index (χ0) is 13.4. The van der Waals surface area contributed by atoms with Crippen LogP contribution in [0.1, 0.15) is 25.7 Å². The standard InChI is InChI=1S/C11H19N3O3S/c1-12-8-6-18-9(11(8)13-7-15)4-2-3-5-10(16)14-17/h7-9,11-12H,2-6H2,1H3,(H,13,15). The third kappa shape index (κ3) is 4.38. The van der Waals surface area contributed by atoms with Crippen LogP contribution in [-0.2, 0) is 9.59 Å². The summed E-state index contributed by atoms with van der Waals surface area (Å²) in [5.41, 5.74) is 0. The van der Waals surface area contributed by atoms with Crippen LogP contribution >= 0.6 is 11.8 Å². The van der Waals surface area contributed by atoms with Gasteiger partial charge in [-0.05, 0) is 19.9 Å². The maximum absolute atomic E-state index is 10.7. The van der Waals surface area contributed by atoms with E-state index in [1.54, 1.807) is 0 Å². The number of thioether (sulfide) groups is 1. The van der Waals surface area contributed by atoms with Crippen LogP contribution in [-0.4, -0.2) is 42.5 Å². The number of hydrogen-bond donors (Lipinski definition) is 2. The molecule has 0 aromatic heterocycles. The van der Waals surface area contributed by atoms with E-state index in [1.807, 2.05) is 18.8 Å². The quantitative estimate of drug-likeness (QED) is 0.385. The summed E-state index contributed by atoms with van der Waals surface area (Å²) in [5, 5.41) is 8.78. The Morgan fingerprint density at radius 3 is 2.89 bits per heavy atom. The molecule has 1 aliphatic rings. The largest absolute Gasteiger partial charge is 0.353 e. The summed E-state index contributed by atoms with van der Waals surface area (Å²) in [6.07, 6.45) is 3.45. The Morgan fingerprint density at radius 1 is 1.50 bits per heavy atom. The van der Waals surface area contributed by atoms with Gasteiger partial charge in [0.1, 0.15) is 0 Å². The van der Waals surface area contributed by atoms with Crippen molar-refractivity contribution < 1.29 is 9.59 Å². The highest BCUT2D eigenvalue weighted by atomic mass is 32.2. The molecule has 0 bridgehead atoms. The lowest BCUT2D eigenvalue weighted by atomic mass is 10.0. The minimum atomic E-state index is -0.579. The molecule has 1 heterocycles. The number of carbonyl (C=O) groups excluding carboxylic acids is 2. The Morgan fingerprint density at radius 2 is 2.28 bits per heavy atom. The van der Waals surface area contributed by atoms with Crippen molar-refractivity contribution in [1.82, 2.24) is 10.6 Å². The molecule has 0 radical (unpaired) electrons. The molecule has 18 heavy (non-hydrogen) atoms. The van der Waals surface area contributed by atoms with E-state index < -0.39 is 5.91 Å². The number of likely N-dealkylation sites (N-methyl/N-ethyl adjacent to an activating group) is 1. The smallest absolute Gasteiger partial charge is 0.286 e. The first-order valence-corrected chi connectivity index (χ1v) is 7.12. The molecule has 1 fully saturated rings. The van der Waals surface area contributed by atoms with Crippen LogP contribution in [0.4, 0.5) is 0 Å². The van der Waals surface area contributed by atoms with E-state index in [4.69, 9.17) is 0 Å². The van der Waals surface area contributed by atoms with Gasteiger partial charge in [-0.1, -0.05) is 6.42 Å². The Hall–Kier alpha value is -0.950. The van der Waals surface area contributed by atoms with Gasteiger partial charge in [0.2, 0.25) is 6.41 Å². The van der Waals surface area contributed by atoms with Gasteiger partial charge in [-0.15, -0.1) is 4.91 Å². The van der Waals surface area contributed by atoms with Crippen molar-refractivity contribution in [3.05, 3.63) is 4.91 Å². The van der Waals surface area contributed by atoms with Crippen molar-refractivity contribution in [2.24, 2.45) is 5.18 Å². The highest BCUT2D eigenvalue weighted by molar-refractivity contribution is 8.00. The molecule has 0 saturated carbocycles. The fourth-order valence-corrected chi connectivity index (χ4v) is 3.83. The lowest BCUT2D eigenvalue weighted by molar-refractivity contribution is -0.118. The van der Waals surface area contributed by atoms with E-state index in [-0.39, 0.29) is 12.5 Å². The number of nitrogens with zero attached hydrogens (tertiary/aromatic N) is 1. The second-order valence-corrected chi connectivity index (χ2v) is 5.58. The van der Waals surface area contributed by atoms with E-state index >= 15 is 0 Å². The summed E-state index contributed by atoms with van der Waals surface area (Å²) in [5.74, 6) is 0.395. The van der Waals surface area contributed by atoms with Crippen molar-refractivity contribution in [3.63, 3.8) is 0 Å². The van der Waals surface area contributed by atoms with E-state index in [9.17, 15) is 14.5 Å². The fraction of sp³-hybridized carbons (Fsp3) is 0.818. The molecular weight excluding hydrogens is 254 g/mol. The summed E-state index contributed by atoms with van der Waals surface area (Å²) < 4.78 is 0. The molecule has 3 atom stereocenters. The second kappa shape index (κ2) is 8.20. The maximum atomic E-state index is 10.7. The van der Waals surface area contributed by atoms with Gasteiger partial charge in [-0.25, -0.2) is 0 Å². The van der Waals surface area contributed by atoms with Crippen molar-refractivity contribution in [3.8, 4) is 0 Å². The van der Waals surface area contributed by atoms with Crippen molar-refractivity contribution >= 4 is 24.1 Å². The van der Waals surface area contributed by atoms with Gasteiger partial charge >= 0.3 is 0 Å². The first-order valence-electron chi connectivity index (χ1n) is 6.07. The highest BCUT2D eigenvalue weighted by Gasteiger charge is 2.35. The Balaban J connectivity index is 2.30. The molecule has 3 unspecified atom stereocenters. The number of amides is 2. The molecule has 102 valence electrons. The zero-order valence-corrected chi connectivity index (χ0v) is 11.2. The SMILES string of the molecule is CNC1CSC(CCCCC(=O)N=O)C1NC=O. The molecule has 6 nitrogen and oxygen atoms in total. The third-order valence-electron chi connectivity index (χ3n) is 3.19. The molecule has 0 aromatic rings. The van der Waals surface area contributed by atoms with Gasteiger partial charge in [0.15, 0.2) is 0 Å². The lowest BCUT2D eigenvalue weighted by Crippen LogP contribution is -2.48. The van der Waals surface area contributed by atoms with Gasteiger partial charge in [-0.3, -0.25) is 9.59 Å².